The third kappa shape index (κ3) is 3.54. The summed E-state index contributed by atoms with van der Waals surface area (Å²) < 4.78 is 10.9. The van der Waals surface area contributed by atoms with Gasteiger partial charge in [0.1, 0.15) is 11.5 Å². The number of nitrogens with two attached hydrogens (primary N) is 1. The summed E-state index contributed by atoms with van der Waals surface area (Å²) in [6.45, 7) is 2.00. The van der Waals surface area contributed by atoms with Gasteiger partial charge in [-0.15, -0.1) is 12.4 Å². The van der Waals surface area contributed by atoms with Gasteiger partial charge in [0.15, 0.2) is 0 Å². The minimum absolute atomic E-state index is 0. The van der Waals surface area contributed by atoms with Crippen LogP contribution in [-0.2, 0) is 6.42 Å². The highest BCUT2D eigenvalue weighted by atomic mass is 35.5. The molecule has 1 aliphatic carbocycles. The van der Waals surface area contributed by atoms with E-state index in [0.717, 1.165) is 41.2 Å². The van der Waals surface area contributed by atoms with Crippen molar-refractivity contribution in [1.82, 2.24) is 5.43 Å². The molecule has 128 valence electrons. The SMILES string of the molecule is COc1ccc(C2CC(=NNC(=N)N)c3c(C)coc3C2)cc1.Cl. The zero-order valence-electron chi connectivity index (χ0n) is 13.6. The maximum absolute atomic E-state index is 7.30. The predicted molar refractivity (Wildman–Crippen MR) is 96.3 cm³/mol. The normalized spacial score (nSPS) is 17.8. The summed E-state index contributed by atoms with van der Waals surface area (Å²) in [5, 5.41) is 11.6. The Bertz CT molecular complexity index is 752. The number of nitrogens with one attached hydrogen (secondary N) is 2. The first kappa shape index (κ1) is 17.9. The molecule has 0 spiro atoms. The second kappa shape index (κ2) is 7.40. The van der Waals surface area contributed by atoms with Crippen molar-refractivity contribution in [3.8, 4) is 5.75 Å². The third-order valence-corrected chi connectivity index (χ3v) is 4.11. The number of guanidine groups is 1. The predicted octanol–water partition coefficient (Wildman–Crippen LogP) is 2.94. The molecule has 0 saturated carbocycles. The zero-order chi connectivity index (χ0) is 16.4. The van der Waals surface area contributed by atoms with Crippen LogP contribution in [0.2, 0.25) is 0 Å². The molecule has 6 nitrogen and oxygen atoms in total. The second-order valence-corrected chi connectivity index (χ2v) is 5.68. The average molecular weight is 349 g/mol. The highest BCUT2D eigenvalue weighted by Crippen LogP contribution is 2.35. The number of ether oxygens (including phenoxy) is 1. The second-order valence-electron chi connectivity index (χ2n) is 5.68. The van der Waals surface area contributed by atoms with Crippen LogP contribution >= 0.6 is 12.4 Å². The van der Waals surface area contributed by atoms with Gasteiger partial charge in [-0.05, 0) is 42.5 Å². The Morgan fingerprint density at radius 3 is 2.67 bits per heavy atom. The van der Waals surface area contributed by atoms with Gasteiger partial charge >= 0.3 is 0 Å². The number of hydrogen-bond donors (Lipinski definition) is 3. The molecule has 24 heavy (non-hydrogen) atoms. The largest absolute Gasteiger partial charge is 0.497 e. The fourth-order valence-corrected chi connectivity index (χ4v) is 3.01. The van der Waals surface area contributed by atoms with E-state index in [4.69, 9.17) is 20.3 Å². The summed E-state index contributed by atoms with van der Waals surface area (Å²) >= 11 is 0. The quantitative estimate of drug-likeness (QED) is 0.451. The van der Waals surface area contributed by atoms with Gasteiger partial charge in [0.05, 0.1) is 19.1 Å². The Labute approximate surface area is 147 Å². The van der Waals surface area contributed by atoms with Crippen LogP contribution in [0.5, 0.6) is 5.75 Å². The average Bonchev–Trinajstić information content (AvgIpc) is 2.94. The Morgan fingerprint density at radius 2 is 2.04 bits per heavy atom. The van der Waals surface area contributed by atoms with E-state index in [-0.39, 0.29) is 24.3 Å². The molecule has 0 fully saturated rings. The van der Waals surface area contributed by atoms with E-state index in [2.05, 4.69) is 22.7 Å². The molecule has 0 saturated heterocycles. The monoisotopic (exact) mass is 348 g/mol. The number of halogens is 1. The van der Waals surface area contributed by atoms with Crippen LogP contribution in [0.25, 0.3) is 0 Å². The summed E-state index contributed by atoms with van der Waals surface area (Å²) in [6, 6.07) is 8.06. The van der Waals surface area contributed by atoms with Crippen LogP contribution in [0.3, 0.4) is 0 Å². The Kier molecular flexibility index (Phi) is 5.51. The van der Waals surface area contributed by atoms with E-state index in [1.165, 1.54) is 5.56 Å². The molecular weight excluding hydrogens is 328 g/mol. The standard InChI is InChI=1S/C17H20N4O2.ClH/c1-10-9-23-15-8-12(11-3-5-13(22-2)6-4-11)7-14(16(10)15)20-21-17(18)19;/h3-6,9,12H,7-8H2,1-2H3,(H4,18,19,21);1H. The number of rotatable bonds is 3. The Morgan fingerprint density at radius 1 is 1.33 bits per heavy atom. The van der Waals surface area contributed by atoms with E-state index in [9.17, 15) is 0 Å². The number of hydrazone groups is 1. The number of benzene rings is 1. The van der Waals surface area contributed by atoms with Crippen LogP contribution < -0.4 is 15.9 Å². The van der Waals surface area contributed by atoms with Gasteiger partial charge in [0.2, 0.25) is 5.96 Å². The van der Waals surface area contributed by atoms with E-state index in [1.807, 2.05) is 19.1 Å². The van der Waals surface area contributed by atoms with Gasteiger partial charge in [0.25, 0.3) is 0 Å². The number of nitrogens with zero attached hydrogens (tertiary/aromatic N) is 1. The number of fused-ring (bicyclic) bond motifs is 1. The number of hydrogen-bond acceptors (Lipinski definition) is 4. The summed E-state index contributed by atoms with van der Waals surface area (Å²) in [5.41, 5.74) is 12.1. The van der Waals surface area contributed by atoms with E-state index >= 15 is 0 Å². The molecular formula is C17H21ClN4O2. The highest BCUT2D eigenvalue weighted by molar-refractivity contribution is 6.04. The number of furan rings is 1. The maximum Gasteiger partial charge on any atom is 0.206 e. The first-order valence-electron chi connectivity index (χ1n) is 7.46. The van der Waals surface area contributed by atoms with Gasteiger partial charge in [0, 0.05) is 12.0 Å². The lowest BCUT2D eigenvalue weighted by molar-refractivity contribution is 0.414. The minimum Gasteiger partial charge on any atom is -0.497 e. The number of methoxy groups -OCH3 is 1. The van der Waals surface area contributed by atoms with Crippen molar-refractivity contribution in [3.05, 3.63) is 53.0 Å². The molecule has 7 heteroatoms. The van der Waals surface area contributed by atoms with E-state index in [1.54, 1.807) is 13.4 Å². The van der Waals surface area contributed by atoms with Crippen LogP contribution in [0.15, 0.2) is 40.0 Å². The van der Waals surface area contributed by atoms with Gasteiger partial charge in [-0.3, -0.25) is 5.41 Å². The van der Waals surface area contributed by atoms with Gasteiger partial charge < -0.3 is 14.9 Å². The van der Waals surface area contributed by atoms with E-state index < -0.39 is 0 Å². The molecule has 2 aromatic rings. The molecule has 0 aliphatic heterocycles. The number of aryl methyl sites for hydroxylation is 1. The Balaban J connectivity index is 0.00000208. The molecule has 1 aromatic carbocycles. The first-order chi connectivity index (χ1) is 11.1. The van der Waals surface area contributed by atoms with Crippen molar-refractivity contribution < 1.29 is 9.15 Å². The molecule has 0 amide bonds. The summed E-state index contributed by atoms with van der Waals surface area (Å²) in [7, 11) is 1.66. The highest BCUT2D eigenvalue weighted by Gasteiger charge is 2.29. The van der Waals surface area contributed by atoms with Crippen molar-refractivity contribution >= 4 is 24.1 Å². The summed E-state index contributed by atoms with van der Waals surface area (Å²) in [4.78, 5) is 0. The lowest BCUT2D eigenvalue weighted by Gasteiger charge is -2.23. The molecule has 1 aliphatic rings. The lowest BCUT2D eigenvalue weighted by Crippen LogP contribution is -2.29. The van der Waals surface area contributed by atoms with Gasteiger partial charge in [-0.25, -0.2) is 5.43 Å². The van der Waals surface area contributed by atoms with Crippen molar-refractivity contribution in [2.24, 2.45) is 10.8 Å². The third-order valence-electron chi connectivity index (χ3n) is 4.11. The van der Waals surface area contributed by atoms with E-state index in [0.29, 0.717) is 0 Å². The molecule has 4 N–H and O–H groups in total. The fraction of sp³-hybridized carbons (Fsp3) is 0.294. The van der Waals surface area contributed by atoms with Gasteiger partial charge in [-0.1, -0.05) is 12.1 Å². The lowest BCUT2D eigenvalue weighted by atomic mass is 9.81. The fourth-order valence-electron chi connectivity index (χ4n) is 3.01. The smallest absolute Gasteiger partial charge is 0.206 e. The summed E-state index contributed by atoms with van der Waals surface area (Å²) in [6.07, 6.45) is 3.35. The molecule has 0 bridgehead atoms. The van der Waals surface area contributed by atoms with Crippen molar-refractivity contribution in [2.45, 2.75) is 25.7 Å². The minimum atomic E-state index is -0.174. The van der Waals surface area contributed by atoms with Crippen LogP contribution in [0.1, 0.15) is 34.8 Å². The topological polar surface area (TPSA) is 96.6 Å². The maximum atomic E-state index is 7.30. The van der Waals surface area contributed by atoms with Crippen LogP contribution in [-0.4, -0.2) is 18.8 Å². The van der Waals surface area contributed by atoms with Gasteiger partial charge in [-0.2, -0.15) is 5.10 Å². The molecule has 0 radical (unpaired) electrons. The van der Waals surface area contributed by atoms with Crippen molar-refractivity contribution in [2.75, 3.05) is 7.11 Å². The molecule has 1 heterocycles. The molecule has 1 unspecified atom stereocenters. The van der Waals surface area contributed by atoms with Crippen molar-refractivity contribution in [1.29, 1.82) is 5.41 Å². The van der Waals surface area contributed by atoms with Crippen LogP contribution in [0, 0.1) is 12.3 Å². The van der Waals surface area contributed by atoms with Crippen molar-refractivity contribution in [3.63, 3.8) is 0 Å². The molecule has 1 atom stereocenters. The first-order valence-corrected chi connectivity index (χ1v) is 7.46. The zero-order valence-corrected chi connectivity index (χ0v) is 14.4. The Hall–Kier alpha value is -2.47. The summed E-state index contributed by atoms with van der Waals surface area (Å²) in [5.74, 6) is 1.86. The van der Waals surface area contributed by atoms with Crippen LogP contribution in [0.4, 0.5) is 0 Å². The molecule has 1 aromatic heterocycles. The molecule has 3 rings (SSSR count).